The van der Waals surface area contributed by atoms with Crippen LogP contribution in [0, 0.1) is 13.3 Å². The van der Waals surface area contributed by atoms with E-state index in [1.165, 1.54) is 44.5 Å². The van der Waals surface area contributed by atoms with Crippen LogP contribution in [-0.2, 0) is 0 Å². The van der Waals surface area contributed by atoms with E-state index >= 15 is 0 Å². The van der Waals surface area contributed by atoms with E-state index in [0.29, 0.717) is 6.42 Å². The van der Waals surface area contributed by atoms with Crippen molar-refractivity contribution in [2.24, 2.45) is 0 Å². The van der Waals surface area contributed by atoms with Crippen molar-refractivity contribution in [3.05, 3.63) is 41.8 Å². The zero-order valence-corrected chi connectivity index (χ0v) is 12.6. The summed E-state index contributed by atoms with van der Waals surface area (Å²) in [6, 6.07) is 7.92. The molecule has 2 heteroatoms. The molecule has 2 rings (SSSR count). The third kappa shape index (κ3) is 5.09. The Morgan fingerprint density at radius 2 is 1.75 bits per heavy atom. The Hall–Kier alpha value is -1.15. The number of rotatable bonds is 7. The number of piperidine rings is 1. The zero-order chi connectivity index (χ0) is 14.2. The van der Waals surface area contributed by atoms with E-state index in [1.807, 2.05) is 31.2 Å². The second-order valence-corrected chi connectivity index (χ2v) is 5.81. The van der Waals surface area contributed by atoms with Gasteiger partial charge in [0.25, 0.3) is 0 Å². The number of carbonyl (C=O) groups is 1. The molecule has 1 aromatic carbocycles. The van der Waals surface area contributed by atoms with Crippen LogP contribution < -0.4 is 0 Å². The van der Waals surface area contributed by atoms with Crippen LogP contribution >= 0.6 is 0 Å². The van der Waals surface area contributed by atoms with Crippen LogP contribution in [0.3, 0.4) is 0 Å². The maximum Gasteiger partial charge on any atom is 0.162 e. The molecule has 20 heavy (non-hydrogen) atoms. The molecule has 0 aromatic heterocycles. The lowest BCUT2D eigenvalue weighted by atomic mass is 10.0. The van der Waals surface area contributed by atoms with Gasteiger partial charge >= 0.3 is 0 Å². The number of aryl methyl sites for hydroxylation is 1. The third-order valence-corrected chi connectivity index (χ3v) is 4.05. The van der Waals surface area contributed by atoms with Gasteiger partial charge in [-0.2, -0.15) is 0 Å². The van der Waals surface area contributed by atoms with Gasteiger partial charge in [0, 0.05) is 12.0 Å². The van der Waals surface area contributed by atoms with Crippen molar-refractivity contribution in [2.45, 2.75) is 45.4 Å². The first kappa shape index (κ1) is 15.2. The number of hydrogen-bond donors (Lipinski definition) is 0. The van der Waals surface area contributed by atoms with E-state index in [1.54, 1.807) is 0 Å². The van der Waals surface area contributed by atoms with Crippen LogP contribution in [0.4, 0.5) is 0 Å². The molecule has 0 spiro atoms. The zero-order valence-electron chi connectivity index (χ0n) is 12.6. The number of nitrogens with zero attached hydrogens (tertiary/aromatic N) is 1. The molecular formula is C18H26NO. The van der Waals surface area contributed by atoms with E-state index < -0.39 is 0 Å². The molecule has 109 valence electrons. The second kappa shape index (κ2) is 8.21. The Morgan fingerprint density at radius 3 is 2.45 bits per heavy atom. The summed E-state index contributed by atoms with van der Waals surface area (Å²) in [5, 5.41) is 0. The maximum absolute atomic E-state index is 12.0. The molecule has 0 atom stereocenters. The lowest BCUT2D eigenvalue weighted by molar-refractivity contribution is 0.0978. The van der Waals surface area contributed by atoms with Crippen molar-refractivity contribution in [2.75, 3.05) is 19.6 Å². The van der Waals surface area contributed by atoms with Crippen LogP contribution in [0.2, 0.25) is 0 Å². The molecule has 0 amide bonds. The third-order valence-electron chi connectivity index (χ3n) is 4.05. The van der Waals surface area contributed by atoms with Crippen molar-refractivity contribution >= 4 is 5.78 Å². The summed E-state index contributed by atoms with van der Waals surface area (Å²) in [5.74, 6) is 0.289. The first-order chi connectivity index (χ1) is 9.75. The average molecular weight is 272 g/mol. The molecular weight excluding hydrogens is 246 g/mol. The van der Waals surface area contributed by atoms with Gasteiger partial charge in [0.05, 0.1) is 0 Å². The minimum atomic E-state index is 0.289. The van der Waals surface area contributed by atoms with Crippen molar-refractivity contribution < 1.29 is 4.79 Å². The van der Waals surface area contributed by atoms with Gasteiger partial charge < -0.3 is 4.90 Å². The summed E-state index contributed by atoms with van der Waals surface area (Å²) < 4.78 is 0. The van der Waals surface area contributed by atoms with Gasteiger partial charge in [-0.15, -0.1) is 0 Å². The number of ketones is 1. The molecule has 0 aliphatic carbocycles. The van der Waals surface area contributed by atoms with Gasteiger partial charge in [0.2, 0.25) is 0 Å². The Morgan fingerprint density at radius 1 is 1.05 bits per heavy atom. The maximum atomic E-state index is 12.0. The molecule has 2 nitrogen and oxygen atoms in total. The van der Waals surface area contributed by atoms with Gasteiger partial charge in [-0.1, -0.05) is 36.2 Å². The van der Waals surface area contributed by atoms with Crippen LogP contribution in [0.1, 0.15) is 54.4 Å². The highest BCUT2D eigenvalue weighted by atomic mass is 16.1. The molecule has 1 heterocycles. The summed E-state index contributed by atoms with van der Waals surface area (Å²) in [7, 11) is 0. The minimum Gasteiger partial charge on any atom is -0.303 e. The Balaban J connectivity index is 1.58. The summed E-state index contributed by atoms with van der Waals surface area (Å²) >= 11 is 0. The predicted octanol–water partition coefficient (Wildman–Crippen LogP) is 4.04. The number of benzene rings is 1. The molecule has 1 saturated heterocycles. The summed E-state index contributed by atoms with van der Waals surface area (Å²) in [4.78, 5) is 14.5. The highest BCUT2D eigenvalue weighted by molar-refractivity contribution is 5.96. The number of Topliss-reactive ketones (excluding diaryl/α,β-unsaturated/α-hetero) is 1. The molecule has 1 aliphatic heterocycles. The monoisotopic (exact) mass is 272 g/mol. The topological polar surface area (TPSA) is 20.3 Å². The number of carbonyl (C=O) groups excluding carboxylic acids is 1. The normalized spacial score (nSPS) is 16.2. The molecule has 1 fully saturated rings. The van der Waals surface area contributed by atoms with Crippen LogP contribution in [0.5, 0.6) is 0 Å². The predicted molar refractivity (Wildman–Crippen MR) is 84.0 cm³/mol. The molecule has 0 N–H and O–H groups in total. The van der Waals surface area contributed by atoms with Crippen molar-refractivity contribution in [3.8, 4) is 0 Å². The fourth-order valence-corrected chi connectivity index (χ4v) is 2.71. The molecule has 1 aromatic rings. The SMILES string of the molecule is Cc1ccc(C(=O)CCCCCN2CC[CH]CC2)cc1. The highest BCUT2D eigenvalue weighted by Gasteiger charge is 2.09. The van der Waals surface area contributed by atoms with E-state index in [-0.39, 0.29) is 5.78 Å². The van der Waals surface area contributed by atoms with Crippen LogP contribution in [-0.4, -0.2) is 30.3 Å². The van der Waals surface area contributed by atoms with Crippen molar-refractivity contribution in [1.29, 1.82) is 0 Å². The average Bonchev–Trinajstić information content (AvgIpc) is 2.48. The molecule has 0 saturated carbocycles. The molecule has 1 aliphatic rings. The number of unbranched alkanes of at least 4 members (excludes halogenated alkanes) is 2. The summed E-state index contributed by atoms with van der Waals surface area (Å²) in [5.41, 5.74) is 2.07. The van der Waals surface area contributed by atoms with E-state index in [9.17, 15) is 4.79 Å². The lowest BCUT2D eigenvalue weighted by Gasteiger charge is -2.26. The lowest BCUT2D eigenvalue weighted by Crippen LogP contribution is -2.30. The standard InChI is InChI=1S/C18H26NO/c1-16-9-11-17(12-10-16)18(20)8-4-2-5-13-19-14-6-3-7-15-19/h3,9-12H,2,4-8,13-15H2,1H3. The van der Waals surface area contributed by atoms with Crippen LogP contribution in [0.15, 0.2) is 24.3 Å². The fourth-order valence-electron chi connectivity index (χ4n) is 2.71. The van der Waals surface area contributed by atoms with Gasteiger partial charge in [-0.05, 0) is 58.7 Å². The highest BCUT2D eigenvalue weighted by Crippen LogP contribution is 2.12. The quantitative estimate of drug-likeness (QED) is 0.551. The van der Waals surface area contributed by atoms with Crippen molar-refractivity contribution in [1.82, 2.24) is 4.90 Å². The van der Waals surface area contributed by atoms with Gasteiger partial charge in [-0.3, -0.25) is 4.79 Å². The first-order valence-electron chi connectivity index (χ1n) is 7.89. The van der Waals surface area contributed by atoms with E-state index in [2.05, 4.69) is 11.3 Å². The summed E-state index contributed by atoms with van der Waals surface area (Å²) in [6.07, 6.45) is 8.97. The first-order valence-corrected chi connectivity index (χ1v) is 7.89. The molecule has 0 unspecified atom stereocenters. The number of hydrogen-bond acceptors (Lipinski definition) is 2. The number of likely N-dealkylation sites (tertiary alicyclic amines) is 1. The molecule has 0 bridgehead atoms. The Labute approximate surface area is 123 Å². The Bertz CT molecular complexity index is 404. The largest absolute Gasteiger partial charge is 0.303 e. The van der Waals surface area contributed by atoms with Gasteiger partial charge in [0.15, 0.2) is 5.78 Å². The van der Waals surface area contributed by atoms with Gasteiger partial charge in [0.1, 0.15) is 0 Å². The second-order valence-electron chi connectivity index (χ2n) is 5.81. The molecule has 1 radical (unpaired) electrons. The Kier molecular flexibility index (Phi) is 6.25. The smallest absolute Gasteiger partial charge is 0.162 e. The van der Waals surface area contributed by atoms with E-state index in [0.717, 1.165) is 18.4 Å². The van der Waals surface area contributed by atoms with Crippen molar-refractivity contribution in [3.63, 3.8) is 0 Å². The van der Waals surface area contributed by atoms with Crippen LogP contribution in [0.25, 0.3) is 0 Å². The van der Waals surface area contributed by atoms with E-state index in [4.69, 9.17) is 0 Å². The van der Waals surface area contributed by atoms with Gasteiger partial charge in [-0.25, -0.2) is 0 Å². The summed E-state index contributed by atoms with van der Waals surface area (Å²) in [6.45, 7) is 5.70. The fraction of sp³-hybridized carbons (Fsp3) is 0.556. The minimum absolute atomic E-state index is 0.289.